The molecule has 0 aliphatic heterocycles. The SMILES string of the molecule is Cc1ccc(NC(=O)C(O)c2ccccc2)c(CN(C)C)c1. The third-order valence-corrected chi connectivity index (χ3v) is 3.37. The highest BCUT2D eigenvalue weighted by Crippen LogP contribution is 2.21. The van der Waals surface area contributed by atoms with Crippen molar-refractivity contribution in [3.63, 3.8) is 0 Å². The van der Waals surface area contributed by atoms with Gasteiger partial charge in [0.05, 0.1) is 0 Å². The smallest absolute Gasteiger partial charge is 0.257 e. The zero-order chi connectivity index (χ0) is 16.1. The van der Waals surface area contributed by atoms with E-state index < -0.39 is 12.0 Å². The maximum absolute atomic E-state index is 12.3. The molecule has 0 saturated heterocycles. The lowest BCUT2D eigenvalue weighted by Crippen LogP contribution is -2.22. The first-order valence-corrected chi connectivity index (χ1v) is 7.25. The van der Waals surface area contributed by atoms with E-state index in [1.165, 1.54) is 0 Å². The van der Waals surface area contributed by atoms with Crippen molar-refractivity contribution in [2.75, 3.05) is 19.4 Å². The van der Waals surface area contributed by atoms with Gasteiger partial charge in [-0.15, -0.1) is 0 Å². The minimum Gasteiger partial charge on any atom is -0.378 e. The molecule has 1 amide bonds. The van der Waals surface area contributed by atoms with Gasteiger partial charge in [0.1, 0.15) is 0 Å². The minimum absolute atomic E-state index is 0.421. The number of carbonyl (C=O) groups excluding carboxylic acids is 1. The van der Waals surface area contributed by atoms with Crippen LogP contribution in [-0.4, -0.2) is 30.0 Å². The van der Waals surface area contributed by atoms with Gasteiger partial charge in [-0.3, -0.25) is 4.79 Å². The number of aliphatic hydroxyl groups is 1. The number of hydrogen-bond acceptors (Lipinski definition) is 3. The van der Waals surface area contributed by atoms with Gasteiger partial charge in [-0.1, -0.05) is 48.0 Å². The summed E-state index contributed by atoms with van der Waals surface area (Å²) in [5.74, 6) is -0.421. The van der Waals surface area contributed by atoms with Crippen LogP contribution in [0.25, 0.3) is 0 Å². The molecule has 2 N–H and O–H groups in total. The second-order valence-corrected chi connectivity index (χ2v) is 5.70. The number of aryl methyl sites for hydroxylation is 1. The Morgan fingerprint density at radius 2 is 1.86 bits per heavy atom. The minimum atomic E-state index is -1.17. The molecule has 0 aliphatic carbocycles. The summed E-state index contributed by atoms with van der Waals surface area (Å²) in [4.78, 5) is 14.3. The molecule has 4 heteroatoms. The number of rotatable bonds is 5. The lowest BCUT2D eigenvalue weighted by Gasteiger charge is -2.17. The number of aliphatic hydroxyl groups excluding tert-OH is 1. The molecule has 116 valence electrons. The van der Waals surface area contributed by atoms with Gasteiger partial charge in [0.15, 0.2) is 6.10 Å². The molecule has 0 saturated carbocycles. The monoisotopic (exact) mass is 298 g/mol. The van der Waals surface area contributed by atoms with Gasteiger partial charge in [-0.25, -0.2) is 0 Å². The third kappa shape index (κ3) is 4.16. The number of carbonyl (C=O) groups is 1. The number of nitrogens with one attached hydrogen (secondary N) is 1. The van der Waals surface area contributed by atoms with Crippen molar-refractivity contribution in [1.82, 2.24) is 4.90 Å². The predicted molar refractivity (Wildman–Crippen MR) is 88.6 cm³/mol. The molecule has 0 spiro atoms. The summed E-state index contributed by atoms with van der Waals surface area (Å²) >= 11 is 0. The Labute approximate surface area is 131 Å². The maximum Gasteiger partial charge on any atom is 0.257 e. The molecule has 0 bridgehead atoms. The van der Waals surface area contributed by atoms with Gasteiger partial charge in [0.25, 0.3) is 5.91 Å². The average Bonchev–Trinajstić information content (AvgIpc) is 2.49. The molecule has 2 rings (SSSR count). The van der Waals surface area contributed by atoms with Gasteiger partial charge in [-0.2, -0.15) is 0 Å². The van der Waals surface area contributed by atoms with Crippen molar-refractivity contribution >= 4 is 11.6 Å². The van der Waals surface area contributed by atoms with E-state index >= 15 is 0 Å². The molecular formula is C18H22N2O2. The van der Waals surface area contributed by atoms with Crippen LogP contribution in [0, 0.1) is 6.92 Å². The molecule has 0 heterocycles. The Balaban J connectivity index is 2.17. The zero-order valence-electron chi connectivity index (χ0n) is 13.2. The first-order valence-electron chi connectivity index (χ1n) is 7.25. The topological polar surface area (TPSA) is 52.6 Å². The van der Waals surface area contributed by atoms with Crippen LogP contribution in [0.5, 0.6) is 0 Å². The summed E-state index contributed by atoms with van der Waals surface area (Å²) in [6.45, 7) is 2.74. The van der Waals surface area contributed by atoms with Crippen molar-refractivity contribution in [3.8, 4) is 0 Å². The van der Waals surface area contributed by atoms with Crippen LogP contribution in [0.3, 0.4) is 0 Å². The van der Waals surface area contributed by atoms with Crippen LogP contribution in [-0.2, 0) is 11.3 Å². The van der Waals surface area contributed by atoms with Crippen LogP contribution >= 0.6 is 0 Å². The highest BCUT2D eigenvalue weighted by molar-refractivity contribution is 5.95. The van der Waals surface area contributed by atoms with Crippen molar-refractivity contribution < 1.29 is 9.90 Å². The second kappa shape index (κ2) is 7.20. The van der Waals surface area contributed by atoms with Gasteiger partial charge in [0, 0.05) is 12.2 Å². The fourth-order valence-corrected chi connectivity index (χ4v) is 2.30. The Morgan fingerprint density at radius 1 is 1.18 bits per heavy atom. The summed E-state index contributed by atoms with van der Waals surface area (Å²) in [7, 11) is 3.96. The fraction of sp³-hybridized carbons (Fsp3) is 0.278. The van der Waals surface area contributed by atoms with E-state index in [1.54, 1.807) is 24.3 Å². The number of anilines is 1. The van der Waals surface area contributed by atoms with Crippen LogP contribution in [0.4, 0.5) is 5.69 Å². The summed E-state index contributed by atoms with van der Waals surface area (Å²) in [6.07, 6.45) is -1.17. The van der Waals surface area contributed by atoms with E-state index in [4.69, 9.17) is 0 Å². The number of amides is 1. The molecule has 2 aromatic carbocycles. The summed E-state index contributed by atoms with van der Waals surface area (Å²) in [5, 5.41) is 13.0. The van der Waals surface area contributed by atoms with Gasteiger partial charge >= 0.3 is 0 Å². The van der Waals surface area contributed by atoms with E-state index in [1.807, 2.05) is 50.2 Å². The van der Waals surface area contributed by atoms with Gasteiger partial charge in [0.2, 0.25) is 0 Å². The number of nitrogens with zero attached hydrogens (tertiary/aromatic N) is 1. The molecule has 4 nitrogen and oxygen atoms in total. The van der Waals surface area contributed by atoms with Crippen LogP contribution < -0.4 is 5.32 Å². The summed E-state index contributed by atoms with van der Waals surface area (Å²) < 4.78 is 0. The molecular weight excluding hydrogens is 276 g/mol. The quantitative estimate of drug-likeness (QED) is 0.892. The predicted octanol–water partition coefficient (Wildman–Crippen LogP) is 2.73. The maximum atomic E-state index is 12.3. The van der Waals surface area contributed by atoms with E-state index in [2.05, 4.69) is 5.32 Å². The third-order valence-electron chi connectivity index (χ3n) is 3.37. The van der Waals surface area contributed by atoms with Crippen LogP contribution in [0.1, 0.15) is 22.8 Å². The summed E-state index contributed by atoms with van der Waals surface area (Å²) in [5.41, 5.74) is 3.48. The molecule has 0 radical (unpaired) electrons. The Kier molecular flexibility index (Phi) is 5.31. The van der Waals surface area contributed by atoms with Crippen molar-refractivity contribution in [3.05, 3.63) is 65.2 Å². The molecule has 22 heavy (non-hydrogen) atoms. The second-order valence-electron chi connectivity index (χ2n) is 5.70. The molecule has 0 fully saturated rings. The highest BCUT2D eigenvalue weighted by atomic mass is 16.3. The standard InChI is InChI=1S/C18H22N2O2/c1-13-9-10-16(15(11-13)12-20(2)3)19-18(22)17(21)14-7-5-4-6-8-14/h4-11,17,21H,12H2,1-3H3,(H,19,22). The van der Waals surface area contributed by atoms with Gasteiger partial charge in [-0.05, 0) is 38.2 Å². The lowest BCUT2D eigenvalue weighted by molar-refractivity contribution is -0.124. The first kappa shape index (κ1) is 16.2. The average molecular weight is 298 g/mol. The Morgan fingerprint density at radius 3 is 2.50 bits per heavy atom. The van der Waals surface area contributed by atoms with Gasteiger partial charge < -0.3 is 15.3 Å². The van der Waals surface area contributed by atoms with Crippen molar-refractivity contribution in [1.29, 1.82) is 0 Å². The molecule has 0 aromatic heterocycles. The van der Waals surface area contributed by atoms with Crippen molar-refractivity contribution in [2.24, 2.45) is 0 Å². The number of hydrogen-bond donors (Lipinski definition) is 2. The first-order chi connectivity index (χ1) is 10.5. The van der Waals surface area contributed by atoms with Crippen LogP contribution in [0.15, 0.2) is 48.5 Å². The van der Waals surface area contributed by atoms with Crippen molar-refractivity contribution in [2.45, 2.75) is 19.6 Å². The number of benzene rings is 2. The molecule has 1 unspecified atom stereocenters. The Hall–Kier alpha value is -2.17. The van der Waals surface area contributed by atoms with E-state index in [9.17, 15) is 9.90 Å². The van der Waals surface area contributed by atoms with E-state index in [-0.39, 0.29) is 0 Å². The molecule has 1 atom stereocenters. The largest absolute Gasteiger partial charge is 0.378 e. The summed E-state index contributed by atoms with van der Waals surface area (Å²) in [6, 6.07) is 14.8. The Bertz CT molecular complexity index is 639. The molecule has 2 aromatic rings. The molecule has 0 aliphatic rings. The lowest BCUT2D eigenvalue weighted by atomic mass is 10.1. The highest BCUT2D eigenvalue weighted by Gasteiger charge is 2.18. The van der Waals surface area contributed by atoms with Crippen LogP contribution in [0.2, 0.25) is 0 Å². The van der Waals surface area contributed by atoms with E-state index in [0.717, 1.165) is 23.4 Å². The zero-order valence-corrected chi connectivity index (χ0v) is 13.2. The fourth-order valence-electron chi connectivity index (χ4n) is 2.30. The normalized spacial score (nSPS) is 12.2. The van der Waals surface area contributed by atoms with E-state index in [0.29, 0.717) is 5.56 Å².